The molecular formula is C18H19NO4. The van der Waals surface area contributed by atoms with Crippen molar-refractivity contribution >= 4 is 11.9 Å². The van der Waals surface area contributed by atoms with Crippen LogP contribution in [0.5, 0.6) is 5.75 Å². The molecule has 0 bridgehead atoms. The zero-order chi connectivity index (χ0) is 16.8. The number of aryl methyl sites for hydroxylation is 1. The van der Waals surface area contributed by atoms with E-state index in [-0.39, 0.29) is 11.3 Å². The van der Waals surface area contributed by atoms with Gasteiger partial charge in [-0.2, -0.15) is 0 Å². The third-order valence-electron chi connectivity index (χ3n) is 3.58. The summed E-state index contributed by atoms with van der Waals surface area (Å²) in [6.07, 6.45) is 0.337. The van der Waals surface area contributed by atoms with Gasteiger partial charge in [0.1, 0.15) is 11.8 Å². The van der Waals surface area contributed by atoms with E-state index in [0.717, 1.165) is 11.1 Å². The fraction of sp³-hybridized carbons (Fsp3) is 0.222. The summed E-state index contributed by atoms with van der Waals surface area (Å²) in [5.41, 5.74) is 2.27. The van der Waals surface area contributed by atoms with Crippen molar-refractivity contribution in [3.05, 3.63) is 65.2 Å². The van der Waals surface area contributed by atoms with Gasteiger partial charge in [-0.25, -0.2) is 4.79 Å². The minimum atomic E-state index is -0.795. The van der Waals surface area contributed by atoms with Gasteiger partial charge in [0.15, 0.2) is 0 Å². The normalized spacial score (nSPS) is 11.6. The summed E-state index contributed by atoms with van der Waals surface area (Å²) in [6, 6.07) is 12.8. The van der Waals surface area contributed by atoms with Crippen LogP contribution < -0.4 is 5.32 Å². The van der Waals surface area contributed by atoms with Crippen molar-refractivity contribution in [3.8, 4) is 5.75 Å². The first kappa shape index (κ1) is 16.5. The van der Waals surface area contributed by atoms with Crippen molar-refractivity contribution in [2.45, 2.75) is 19.4 Å². The van der Waals surface area contributed by atoms with E-state index in [1.54, 1.807) is 12.1 Å². The Kier molecular flexibility index (Phi) is 5.36. The van der Waals surface area contributed by atoms with Crippen LogP contribution in [0.4, 0.5) is 0 Å². The summed E-state index contributed by atoms with van der Waals surface area (Å²) in [6.45, 7) is 1.95. The van der Waals surface area contributed by atoms with E-state index in [1.807, 2.05) is 31.2 Å². The van der Waals surface area contributed by atoms with Gasteiger partial charge in [-0.1, -0.05) is 30.3 Å². The zero-order valence-electron chi connectivity index (χ0n) is 13.1. The molecule has 0 aliphatic carbocycles. The van der Waals surface area contributed by atoms with Crippen molar-refractivity contribution in [1.29, 1.82) is 0 Å². The number of hydrogen-bond acceptors (Lipinski definition) is 4. The van der Waals surface area contributed by atoms with Crippen LogP contribution in [0.25, 0.3) is 0 Å². The topological polar surface area (TPSA) is 75.6 Å². The predicted molar refractivity (Wildman–Crippen MR) is 86.3 cm³/mol. The molecule has 0 radical (unpaired) electrons. The third kappa shape index (κ3) is 4.32. The van der Waals surface area contributed by atoms with Gasteiger partial charge < -0.3 is 15.2 Å². The van der Waals surface area contributed by atoms with Crippen LogP contribution in [0, 0.1) is 6.92 Å². The molecule has 1 amide bonds. The maximum Gasteiger partial charge on any atom is 0.328 e. The minimum absolute atomic E-state index is 0.00817. The Morgan fingerprint density at radius 2 is 1.91 bits per heavy atom. The van der Waals surface area contributed by atoms with Crippen molar-refractivity contribution in [2.24, 2.45) is 0 Å². The summed E-state index contributed by atoms with van der Waals surface area (Å²) >= 11 is 0. The molecule has 0 heterocycles. The van der Waals surface area contributed by atoms with Gasteiger partial charge in [-0.15, -0.1) is 0 Å². The lowest BCUT2D eigenvalue weighted by molar-refractivity contribution is -0.142. The van der Waals surface area contributed by atoms with E-state index in [2.05, 4.69) is 5.32 Å². The SMILES string of the molecule is COC(=O)[C@@H](Cc1ccccc1C)NC(=O)c1cccc(O)c1. The fourth-order valence-corrected chi connectivity index (χ4v) is 2.28. The number of aromatic hydroxyl groups is 1. The number of methoxy groups -OCH3 is 1. The van der Waals surface area contributed by atoms with E-state index >= 15 is 0 Å². The molecule has 0 saturated heterocycles. The largest absolute Gasteiger partial charge is 0.508 e. The molecule has 2 aromatic carbocycles. The first-order chi connectivity index (χ1) is 11.0. The van der Waals surface area contributed by atoms with Gasteiger partial charge in [-0.05, 0) is 36.2 Å². The lowest BCUT2D eigenvalue weighted by atomic mass is 10.0. The summed E-state index contributed by atoms with van der Waals surface area (Å²) < 4.78 is 4.78. The number of phenols is 1. The second kappa shape index (κ2) is 7.45. The zero-order valence-corrected chi connectivity index (χ0v) is 13.1. The van der Waals surface area contributed by atoms with Crippen molar-refractivity contribution in [1.82, 2.24) is 5.32 Å². The average molecular weight is 313 g/mol. The number of carbonyl (C=O) groups excluding carboxylic acids is 2. The molecule has 120 valence electrons. The lowest BCUT2D eigenvalue weighted by Crippen LogP contribution is -2.43. The Hall–Kier alpha value is -2.82. The van der Waals surface area contributed by atoms with E-state index in [9.17, 15) is 14.7 Å². The molecule has 0 unspecified atom stereocenters. The second-order valence-corrected chi connectivity index (χ2v) is 5.23. The highest BCUT2D eigenvalue weighted by Crippen LogP contribution is 2.13. The molecule has 0 aliphatic heterocycles. The summed E-state index contributed by atoms with van der Waals surface area (Å²) in [5, 5.41) is 12.1. The van der Waals surface area contributed by atoms with Gasteiger partial charge in [-0.3, -0.25) is 4.79 Å². The molecule has 0 fully saturated rings. The highest BCUT2D eigenvalue weighted by atomic mass is 16.5. The van der Waals surface area contributed by atoms with E-state index in [1.165, 1.54) is 19.2 Å². The number of rotatable bonds is 5. The number of nitrogens with one attached hydrogen (secondary N) is 1. The minimum Gasteiger partial charge on any atom is -0.508 e. The van der Waals surface area contributed by atoms with Crippen LogP contribution >= 0.6 is 0 Å². The maximum absolute atomic E-state index is 12.3. The number of amides is 1. The second-order valence-electron chi connectivity index (χ2n) is 5.23. The molecule has 0 aliphatic rings. The van der Waals surface area contributed by atoms with Crippen molar-refractivity contribution in [2.75, 3.05) is 7.11 Å². The van der Waals surface area contributed by atoms with Crippen LogP contribution in [0.2, 0.25) is 0 Å². The molecule has 2 N–H and O–H groups in total. The van der Waals surface area contributed by atoms with E-state index in [0.29, 0.717) is 6.42 Å². The van der Waals surface area contributed by atoms with E-state index in [4.69, 9.17) is 4.74 Å². The molecule has 2 rings (SSSR count). The lowest BCUT2D eigenvalue weighted by Gasteiger charge is -2.17. The van der Waals surface area contributed by atoms with Crippen LogP contribution in [0.1, 0.15) is 21.5 Å². The maximum atomic E-state index is 12.3. The van der Waals surface area contributed by atoms with Gasteiger partial charge in [0.05, 0.1) is 7.11 Å². The molecule has 5 nitrogen and oxygen atoms in total. The van der Waals surface area contributed by atoms with Crippen LogP contribution in [0.3, 0.4) is 0 Å². The van der Waals surface area contributed by atoms with Gasteiger partial charge in [0.25, 0.3) is 5.91 Å². The molecule has 23 heavy (non-hydrogen) atoms. The Labute approximate surface area is 134 Å². The Bertz CT molecular complexity index is 712. The van der Waals surface area contributed by atoms with Crippen LogP contribution in [-0.4, -0.2) is 30.1 Å². The van der Waals surface area contributed by atoms with Gasteiger partial charge in [0, 0.05) is 12.0 Å². The summed E-state index contributed by atoms with van der Waals surface area (Å²) in [7, 11) is 1.29. The molecule has 2 aromatic rings. The van der Waals surface area contributed by atoms with Gasteiger partial charge >= 0.3 is 5.97 Å². The van der Waals surface area contributed by atoms with Crippen molar-refractivity contribution < 1.29 is 19.4 Å². The highest BCUT2D eigenvalue weighted by molar-refractivity contribution is 5.97. The standard InChI is InChI=1S/C18H19NO4/c1-12-6-3-4-7-13(12)11-16(18(22)23-2)19-17(21)14-8-5-9-15(20)10-14/h3-10,16,20H,11H2,1-2H3,(H,19,21)/t16-/m1/s1. The quantitative estimate of drug-likeness (QED) is 0.830. The Morgan fingerprint density at radius 1 is 1.17 bits per heavy atom. The average Bonchev–Trinajstić information content (AvgIpc) is 2.55. The molecule has 0 aromatic heterocycles. The van der Waals surface area contributed by atoms with Crippen molar-refractivity contribution in [3.63, 3.8) is 0 Å². The number of esters is 1. The first-order valence-corrected chi connectivity index (χ1v) is 7.23. The molecule has 1 atom stereocenters. The Morgan fingerprint density at radius 3 is 2.57 bits per heavy atom. The van der Waals surface area contributed by atoms with Gasteiger partial charge in [0.2, 0.25) is 0 Å². The predicted octanol–water partition coefficient (Wildman–Crippen LogP) is 2.21. The number of ether oxygens (including phenoxy) is 1. The smallest absolute Gasteiger partial charge is 0.328 e. The monoisotopic (exact) mass is 313 g/mol. The number of carbonyl (C=O) groups is 2. The number of benzene rings is 2. The number of phenolic OH excluding ortho intramolecular Hbond substituents is 1. The van der Waals surface area contributed by atoms with Crippen LogP contribution in [-0.2, 0) is 16.0 Å². The molecule has 5 heteroatoms. The molecular weight excluding hydrogens is 294 g/mol. The third-order valence-corrected chi connectivity index (χ3v) is 3.58. The molecule has 0 saturated carbocycles. The van der Waals surface area contributed by atoms with Crippen LogP contribution in [0.15, 0.2) is 48.5 Å². The number of hydrogen-bond donors (Lipinski definition) is 2. The fourth-order valence-electron chi connectivity index (χ4n) is 2.28. The summed E-state index contributed by atoms with van der Waals surface area (Å²) in [4.78, 5) is 24.2. The first-order valence-electron chi connectivity index (χ1n) is 7.23. The summed E-state index contributed by atoms with van der Waals surface area (Å²) in [5.74, 6) is -0.960. The van der Waals surface area contributed by atoms with E-state index < -0.39 is 17.9 Å². The Balaban J connectivity index is 2.17. The highest BCUT2D eigenvalue weighted by Gasteiger charge is 2.23. The molecule has 0 spiro atoms.